The summed E-state index contributed by atoms with van der Waals surface area (Å²) in [7, 11) is 1.63. The van der Waals surface area contributed by atoms with Crippen LogP contribution >= 0.6 is 0 Å². The minimum atomic E-state index is -0.145. The number of likely N-dealkylation sites (tertiary alicyclic amines) is 1. The first-order valence-electron chi connectivity index (χ1n) is 9.80. The zero-order chi connectivity index (χ0) is 19.2. The fraction of sp³-hybridized carbons (Fsp3) is 0.435. The van der Waals surface area contributed by atoms with E-state index in [9.17, 15) is 4.79 Å². The first-order chi connectivity index (χ1) is 13.1. The second kappa shape index (κ2) is 9.05. The number of carbonyl (C=O) groups is 1. The highest BCUT2D eigenvalue weighted by atomic mass is 16.5. The lowest BCUT2D eigenvalue weighted by Gasteiger charge is -2.35. The van der Waals surface area contributed by atoms with Gasteiger partial charge in [0.15, 0.2) is 0 Å². The molecule has 0 aliphatic carbocycles. The third-order valence-electron chi connectivity index (χ3n) is 5.56. The Balaban J connectivity index is 1.53. The summed E-state index contributed by atoms with van der Waals surface area (Å²) in [5, 5.41) is 3.04. The molecule has 2 aromatic rings. The van der Waals surface area contributed by atoms with Gasteiger partial charge in [-0.25, -0.2) is 0 Å². The number of carbonyl (C=O) groups excluding carboxylic acids is 1. The molecule has 1 aliphatic heterocycles. The quantitative estimate of drug-likeness (QED) is 0.829. The van der Waals surface area contributed by atoms with Gasteiger partial charge in [0, 0.05) is 0 Å². The normalized spacial score (nSPS) is 16.7. The van der Waals surface area contributed by atoms with Gasteiger partial charge in [-0.1, -0.05) is 36.4 Å². The molecule has 4 heteroatoms. The van der Waals surface area contributed by atoms with Gasteiger partial charge in [0.1, 0.15) is 5.75 Å². The summed E-state index contributed by atoms with van der Waals surface area (Å²) in [4.78, 5) is 15.0. The molecule has 0 spiro atoms. The molecule has 3 rings (SSSR count). The van der Waals surface area contributed by atoms with E-state index in [0.29, 0.717) is 11.7 Å². The Labute approximate surface area is 162 Å². The predicted octanol–water partition coefficient (Wildman–Crippen LogP) is 4.29. The van der Waals surface area contributed by atoms with Crippen LogP contribution in [0.2, 0.25) is 0 Å². The van der Waals surface area contributed by atoms with Crippen molar-refractivity contribution in [3.8, 4) is 5.75 Å². The molecule has 1 aliphatic rings. The fourth-order valence-corrected chi connectivity index (χ4v) is 3.81. The minimum absolute atomic E-state index is 0.0282. The van der Waals surface area contributed by atoms with Gasteiger partial charge in [-0.3, -0.25) is 9.69 Å². The van der Waals surface area contributed by atoms with Crippen LogP contribution in [0.5, 0.6) is 5.75 Å². The van der Waals surface area contributed by atoms with Crippen molar-refractivity contribution >= 4 is 11.6 Å². The number of ether oxygens (including phenoxy) is 1. The van der Waals surface area contributed by atoms with Crippen LogP contribution in [0.3, 0.4) is 0 Å². The molecule has 0 saturated carbocycles. The molecule has 1 saturated heterocycles. The lowest BCUT2D eigenvalue weighted by atomic mass is 9.89. The molecule has 0 aromatic heterocycles. The number of nitrogens with zero attached hydrogens (tertiary/aromatic N) is 1. The van der Waals surface area contributed by atoms with Gasteiger partial charge in [0.25, 0.3) is 0 Å². The van der Waals surface area contributed by atoms with E-state index < -0.39 is 0 Å². The van der Waals surface area contributed by atoms with Gasteiger partial charge in [-0.15, -0.1) is 0 Å². The molecule has 1 fully saturated rings. The summed E-state index contributed by atoms with van der Waals surface area (Å²) in [5.41, 5.74) is 3.25. The van der Waals surface area contributed by atoms with Crippen molar-refractivity contribution < 1.29 is 9.53 Å². The van der Waals surface area contributed by atoms with Crippen molar-refractivity contribution in [1.82, 2.24) is 4.90 Å². The first kappa shape index (κ1) is 19.4. The summed E-state index contributed by atoms with van der Waals surface area (Å²) in [5.74, 6) is 1.43. The highest BCUT2D eigenvalue weighted by molar-refractivity contribution is 5.95. The summed E-state index contributed by atoms with van der Waals surface area (Å²) in [6.07, 6.45) is 3.41. The summed E-state index contributed by atoms with van der Waals surface area (Å²) >= 11 is 0. The Hall–Kier alpha value is -2.33. The smallest absolute Gasteiger partial charge is 0.241 e. The SMILES string of the molecule is COc1ccc(C)cc1NC(=O)[C@@H](C)N1CCC(Cc2ccccc2)CC1. The van der Waals surface area contributed by atoms with E-state index in [-0.39, 0.29) is 11.9 Å². The van der Waals surface area contributed by atoms with Crippen LogP contribution in [-0.2, 0) is 11.2 Å². The van der Waals surface area contributed by atoms with Crippen LogP contribution < -0.4 is 10.1 Å². The Morgan fingerprint density at radius 2 is 1.89 bits per heavy atom. The van der Waals surface area contributed by atoms with Crippen LogP contribution in [0.25, 0.3) is 0 Å². The molecule has 144 valence electrons. The van der Waals surface area contributed by atoms with Crippen molar-refractivity contribution in [2.24, 2.45) is 5.92 Å². The summed E-state index contributed by atoms with van der Waals surface area (Å²) < 4.78 is 5.37. The second-order valence-corrected chi connectivity index (χ2v) is 7.54. The topological polar surface area (TPSA) is 41.6 Å². The van der Waals surface area contributed by atoms with Crippen LogP contribution in [0, 0.1) is 12.8 Å². The van der Waals surface area contributed by atoms with E-state index in [1.165, 1.54) is 5.56 Å². The Morgan fingerprint density at radius 3 is 2.56 bits per heavy atom. The molecule has 0 radical (unpaired) electrons. The fourth-order valence-electron chi connectivity index (χ4n) is 3.81. The number of hydrogen-bond acceptors (Lipinski definition) is 3. The standard InChI is InChI=1S/C23H30N2O2/c1-17-9-10-22(27-3)21(15-17)24-23(26)18(2)25-13-11-20(12-14-25)16-19-7-5-4-6-8-19/h4-10,15,18,20H,11-14,16H2,1-3H3,(H,24,26)/t18-/m1/s1. The zero-order valence-corrected chi connectivity index (χ0v) is 16.6. The highest BCUT2D eigenvalue weighted by Gasteiger charge is 2.27. The predicted molar refractivity (Wildman–Crippen MR) is 110 cm³/mol. The molecule has 2 aromatic carbocycles. The number of amides is 1. The molecule has 1 amide bonds. The molecule has 1 atom stereocenters. The van der Waals surface area contributed by atoms with Gasteiger partial charge in [-0.05, 0) is 75.4 Å². The number of aryl methyl sites for hydroxylation is 1. The average Bonchev–Trinajstić information content (AvgIpc) is 2.69. The van der Waals surface area contributed by atoms with Gasteiger partial charge in [-0.2, -0.15) is 0 Å². The maximum atomic E-state index is 12.8. The zero-order valence-electron chi connectivity index (χ0n) is 16.6. The van der Waals surface area contributed by atoms with E-state index in [1.54, 1.807) is 7.11 Å². The number of methoxy groups -OCH3 is 1. The Morgan fingerprint density at radius 1 is 1.19 bits per heavy atom. The minimum Gasteiger partial charge on any atom is -0.495 e. The Bertz CT molecular complexity index is 752. The molecule has 1 N–H and O–H groups in total. The summed E-state index contributed by atoms with van der Waals surface area (Å²) in [6.45, 7) is 5.94. The number of hydrogen-bond donors (Lipinski definition) is 1. The van der Waals surface area contributed by atoms with Gasteiger partial charge in [0.05, 0.1) is 18.8 Å². The number of piperidine rings is 1. The van der Waals surface area contributed by atoms with E-state index in [4.69, 9.17) is 4.74 Å². The number of nitrogens with one attached hydrogen (secondary N) is 1. The van der Waals surface area contributed by atoms with Crippen LogP contribution in [0.1, 0.15) is 30.9 Å². The van der Waals surface area contributed by atoms with Gasteiger partial charge < -0.3 is 10.1 Å². The lowest BCUT2D eigenvalue weighted by Crippen LogP contribution is -2.46. The number of benzene rings is 2. The highest BCUT2D eigenvalue weighted by Crippen LogP contribution is 2.27. The maximum absolute atomic E-state index is 12.8. The van der Waals surface area contributed by atoms with E-state index in [1.807, 2.05) is 32.0 Å². The number of anilines is 1. The maximum Gasteiger partial charge on any atom is 0.241 e. The molecule has 0 bridgehead atoms. The molecule has 27 heavy (non-hydrogen) atoms. The van der Waals surface area contributed by atoms with Gasteiger partial charge >= 0.3 is 0 Å². The molecular weight excluding hydrogens is 336 g/mol. The van der Waals surface area contributed by atoms with Crippen molar-refractivity contribution in [2.75, 3.05) is 25.5 Å². The van der Waals surface area contributed by atoms with Crippen molar-refractivity contribution in [2.45, 2.75) is 39.2 Å². The molecule has 1 heterocycles. The first-order valence-corrected chi connectivity index (χ1v) is 9.80. The largest absolute Gasteiger partial charge is 0.495 e. The molecular formula is C23H30N2O2. The third-order valence-corrected chi connectivity index (χ3v) is 5.56. The van der Waals surface area contributed by atoms with Crippen molar-refractivity contribution in [3.05, 3.63) is 59.7 Å². The average molecular weight is 367 g/mol. The lowest BCUT2D eigenvalue weighted by molar-refractivity contribution is -0.121. The van der Waals surface area contributed by atoms with E-state index in [2.05, 4.69) is 40.5 Å². The third kappa shape index (κ3) is 5.10. The molecule has 0 unspecified atom stereocenters. The monoisotopic (exact) mass is 366 g/mol. The van der Waals surface area contributed by atoms with Gasteiger partial charge in [0.2, 0.25) is 5.91 Å². The second-order valence-electron chi connectivity index (χ2n) is 7.54. The van der Waals surface area contributed by atoms with Crippen molar-refractivity contribution in [3.63, 3.8) is 0 Å². The van der Waals surface area contributed by atoms with E-state index >= 15 is 0 Å². The Kier molecular flexibility index (Phi) is 6.51. The van der Waals surface area contributed by atoms with E-state index in [0.717, 1.165) is 43.6 Å². The van der Waals surface area contributed by atoms with Crippen LogP contribution in [-0.4, -0.2) is 37.0 Å². The van der Waals surface area contributed by atoms with Crippen LogP contribution in [0.4, 0.5) is 5.69 Å². The van der Waals surface area contributed by atoms with Crippen molar-refractivity contribution in [1.29, 1.82) is 0 Å². The summed E-state index contributed by atoms with van der Waals surface area (Å²) in [6, 6.07) is 16.4. The number of rotatable bonds is 6. The van der Waals surface area contributed by atoms with Crippen LogP contribution in [0.15, 0.2) is 48.5 Å². The molecule has 4 nitrogen and oxygen atoms in total.